The van der Waals surface area contributed by atoms with Crippen LogP contribution in [-0.4, -0.2) is 18.2 Å². The molecule has 1 unspecified atom stereocenters. The molecule has 1 aliphatic rings. The van der Waals surface area contributed by atoms with E-state index in [0.717, 1.165) is 24.7 Å². The second-order valence-electron chi connectivity index (χ2n) is 5.79. The largest absolute Gasteiger partial charge is 0.353 e. The molecule has 3 nitrogen and oxygen atoms in total. The Morgan fingerprint density at radius 1 is 1.25 bits per heavy atom. The highest BCUT2D eigenvalue weighted by atomic mass is 16.1. The van der Waals surface area contributed by atoms with E-state index in [0.29, 0.717) is 18.0 Å². The number of amides is 1. The van der Waals surface area contributed by atoms with E-state index in [1.165, 1.54) is 19.3 Å². The summed E-state index contributed by atoms with van der Waals surface area (Å²) in [4.78, 5) is 22.7. The third-order valence-electron chi connectivity index (χ3n) is 4.10. The Morgan fingerprint density at radius 3 is 2.50 bits per heavy atom. The molecule has 0 aliphatic heterocycles. The maximum atomic E-state index is 12.1. The first kappa shape index (κ1) is 14.8. The van der Waals surface area contributed by atoms with Crippen LogP contribution in [0, 0.1) is 0 Å². The number of aldehydes is 1. The van der Waals surface area contributed by atoms with E-state index in [2.05, 4.69) is 12.2 Å². The average molecular weight is 273 g/mol. The fraction of sp³-hybridized carbons (Fsp3) is 0.529. The molecule has 20 heavy (non-hydrogen) atoms. The standard InChI is InChI=1S/C17H23NO2/c1-13(15-9-7-14(12-19)8-10-15)11-17(20)18-16-5-3-2-4-6-16/h7-10,12-13,16H,2-6,11H2,1H3,(H,18,20). The van der Waals surface area contributed by atoms with E-state index in [-0.39, 0.29) is 11.8 Å². The van der Waals surface area contributed by atoms with Crippen molar-refractivity contribution in [2.75, 3.05) is 0 Å². The second-order valence-corrected chi connectivity index (χ2v) is 5.79. The molecule has 2 rings (SSSR count). The highest BCUT2D eigenvalue weighted by Gasteiger charge is 2.17. The summed E-state index contributed by atoms with van der Waals surface area (Å²) >= 11 is 0. The van der Waals surface area contributed by atoms with Gasteiger partial charge in [-0.2, -0.15) is 0 Å². The number of carbonyl (C=O) groups excluding carboxylic acids is 2. The van der Waals surface area contributed by atoms with E-state index in [1.54, 1.807) is 12.1 Å². The van der Waals surface area contributed by atoms with Crippen LogP contribution in [0.5, 0.6) is 0 Å². The first-order valence-electron chi connectivity index (χ1n) is 7.53. The summed E-state index contributed by atoms with van der Waals surface area (Å²) in [7, 11) is 0. The molecule has 1 aromatic rings. The van der Waals surface area contributed by atoms with E-state index in [1.807, 2.05) is 12.1 Å². The van der Waals surface area contributed by atoms with Gasteiger partial charge in [0.2, 0.25) is 5.91 Å². The summed E-state index contributed by atoms with van der Waals surface area (Å²) in [6.07, 6.45) is 7.34. The molecule has 0 aromatic heterocycles. The van der Waals surface area contributed by atoms with Gasteiger partial charge in [-0.3, -0.25) is 9.59 Å². The van der Waals surface area contributed by atoms with Gasteiger partial charge in [-0.1, -0.05) is 50.5 Å². The zero-order valence-electron chi connectivity index (χ0n) is 12.1. The van der Waals surface area contributed by atoms with Gasteiger partial charge < -0.3 is 5.32 Å². The van der Waals surface area contributed by atoms with Crippen molar-refractivity contribution in [2.24, 2.45) is 0 Å². The van der Waals surface area contributed by atoms with Crippen LogP contribution >= 0.6 is 0 Å². The van der Waals surface area contributed by atoms with Gasteiger partial charge in [0.25, 0.3) is 0 Å². The van der Waals surface area contributed by atoms with Crippen molar-refractivity contribution < 1.29 is 9.59 Å². The number of carbonyl (C=O) groups is 2. The van der Waals surface area contributed by atoms with E-state index >= 15 is 0 Å². The Kier molecular flexibility index (Phi) is 5.33. The van der Waals surface area contributed by atoms with Gasteiger partial charge in [0.1, 0.15) is 6.29 Å². The lowest BCUT2D eigenvalue weighted by molar-refractivity contribution is -0.122. The fourth-order valence-electron chi connectivity index (χ4n) is 2.83. The van der Waals surface area contributed by atoms with Crippen molar-refractivity contribution in [3.63, 3.8) is 0 Å². The molecule has 0 spiro atoms. The number of hydrogen-bond donors (Lipinski definition) is 1. The number of benzene rings is 1. The van der Waals surface area contributed by atoms with Gasteiger partial charge in [-0.25, -0.2) is 0 Å². The summed E-state index contributed by atoms with van der Waals surface area (Å²) in [6.45, 7) is 2.05. The summed E-state index contributed by atoms with van der Waals surface area (Å²) in [5.74, 6) is 0.322. The van der Waals surface area contributed by atoms with Gasteiger partial charge in [-0.05, 0) is 24.3 Å². The van der Waals surface area contributed by atoms with Crippen molar-refractivity contribution in [1.29, 1.82) is 0 Å². The Bertz CT molecular complexity index is 447. The minimum absolute atomic E-state index is 0.142. The van der Waals surface area contributed by atoms with Crippen LogP contribution in [0.2, 0.25) is 0 Å². The summed E-state index contributed by atoms with van der Waals surface area (Å²) in [6, 6.07) is 7.85. The molecular formula is C17H23NO2. The molecule has 0 bridgehead atoms. The first-order chi connectivity index (χ1) is 9.69. The quantitative estimate of drug-likeness (QED) is 0.835. The molecule has 0 heterocycles. The third-order valence-corrected chi connectivity index (χ3v) is 4.10. The Labute approximate surface area is 120 Å². The molecule has 1 N–H and O–H groups in total. The highest BCUT2D eigenvalue weighted by molar-refractivity contribution is 5.77. The average Bonchev–Trinajstić information content (AvgIpc) is 2.48. The van der Waals surface area contributed by atoms with Gasteiger partial charge in [0, 0.05) is 18.0 Å². The molecule has 1 atom stereocenters. The fourth-order valence-corrected chi connectivity index (χ4v) is 2.83. The molecule has 1 aliphatic carbocycles. The van der Waals surface area contributed by atoms with Gasteiger partial charge in [0.15, 0.2) is 0 Å². The van der Waals surface area contributed by atoms with Crippen molar-refractivity contribution in [3.8, 4) is 0 Å². The van der Waals surface area contributed by atoms with Gasteiger partial charge in [-0.15, -0.1) is 0 Å². The molecule has 1 saturated carbocycles. The summed E-state index contributed by atoms with van der Waals surface area (Å²) in [5, 5.41) is 3.15. The molecule has 108 valence electrons. The monoisotopic (exact) mass is 273 g/mol. The predicted molar refractivity (Wildman–Crippen MR) is 79.9 cm³/mol. The lowest BCUT2D eigenvalue weighted by Crippen LogP contribution is -2.36. The van der Waals surface area contributed by atoms with Crippen LogP contribution in [0.3, 0.4) is 0 Å². The van der Waals surface area contributed by atoms with Crippen LogP contribution < -0.4 is 5.32 Å². The smallest absolute Gasteiger partial charge is 0.220 e. The van der Waals surface area contributed by atoms with Crippen LogP contribution in [-0.2, 0) is 4.79 Å². The lowest BCUT2D eigenvalue weighted by Gasteiger charge is -2.23. The normalized spacial score (nSPS) is 17.4. The third kappa shape index (κ3) is 4.19. The molecule has 0 saturated heterocycles. The highest BCUT2D eigenvalue weighted by Crippen LogP contribution is 2.21. The zero-order valence-corrected chi connectivity index (χ0v) is 12.1. The minimum Gasteiger partial charge on any atom is -0.353 e. The van der Waals surface area contributed by atoms with E-state index in [4.69, 9.17) is 0 Å². The van der Waals surface area contributed by atoms with E-state index in [9.17, 15) is 9.59 Å². The molecule has 1 fully saturated rings. The number of rotatable bonds is 5. The Morgan fingerprint density at radius 2 is 1.90 bits per heavy atom. The minimum atomic E-state index is 0.142. The van der Waals surface area contributed by atoms with Crippen LogP contribution in [0.4, 0.5) is 0 Å². The van der Waals surface area contributed by atoms with Gasteiger partial charge >= 0.3 is 0 Å². The first-order valence-corrected chi connectivity index (χ1v) is 7.53. The summed E-state index contributed by atoms with van der Waals surface area (Å²) < 4.78 is 0. The zero-order chi connectivity index (χ0) is 14.4. The van der Waals surface area contributed by atoms with Crippen LogP contribution in [0.15, 0.2) is 24.3 Å². The number of hydrogen-bond acceptors (Lipinski definition) is 2. The van der Waals surface area contributed by atoms with Crippen molar-refractivity contribution >= 4 is 12.2 Å². The van der Waals surface area contributed by atoms with Crippen molar-refractivity contribution in [3.05, 3.63) is 35.4 Å². The maximum absolute atomic E-state index is 12.1. The predicted octanol–water partition coefficient (Wildman–Crippen LogP) is 3.44. The molecular weight excluding hydrogens is 250 g/mol. The van der Waals surface area contributed by atoms with Crippen molar-refractivity contribution in [1.82, 2.24) is 5.32 Å². The Balaban J connectivity index is 1.84. The molecule has 1 amide bonds. The molecule has 0 radical (unpaired) electrons. The van der Waals surface area contributed by atoms with Gasteiger partial charge in [0.05, 0.1) is 0 Å². The second kappa shape index (κ2) is 7.22. The van der Waals surface area contributed by atoms with Crippen LogP contribution in [0.25, 0.3) is 0 Å². The maximum Gasteiger partial charge on any atom is 0.220 e. The molecule has 3 heteroatoms. The summed E-state index contributed by atoms with van der Waals surface area (Å²) in [5.41, 5.74) is 1.78. The number of nitrogens with one attached hydrogen (secondary N) is 1. The van der Waals surface area contributed by atoms with Crippen LogP contribution in [0.1, 0.15) is 67.3 Å². The Hall–Kier alpha value is -1.64. The SMILES string of the molecule is CC(CC(=O)NC1CCCCC1)c1ccc(C=O)cc1. The van der Waals surface area contributed by atoms with Crippen molar-refractivity contribution in [2.45, 2.75) is 57.4 Å². The topological polar surface area (TPSA) is 46.2 Å². The lowest BCUT2D eigenvalue weighted by atomic mass is 9.94. The van der Waals surface area contributed by atoms with E-state index < -0.39 is 0 Å². The molecule has 1 aromatic carbocycles.